The Bertz CT molecular complexity index is 2570. The Morgan fingerprint density at radius 1 is 0.271 bits per heavy atom. The van der Waals surface area contributed by atoms with Crippen LogP contribution in [0.15, 0.2) is 182 Å². The second kappa shape index (κ2) is 11.8. The van der Waals surface area contributed by atoms with Crippen LogP contribution in [0.1, 0.15) is 0 Å². The fourth-order valence-corrected chi connectivity index (χ4v) is 7.19. The summed E-state index contributed by atoms with van der Waals surface area (Å²) in [6, 6.07) is 60.7. The zero-order chi connectivity index (χ0) is 31.9. The van der Waals surface area contributed by atoms with Crippen LogP contribution in [0.25, 0.3) is 88.2 Å². The quantitative estimate of drug-likeness (QED) is 0.181. The third-order valence-corrected chi connectivity index (χ3v) is 9.38. The van der Waals surface area contributed by atoms with E-state index < -0.39 is 0 Å². The van der Waals surface area contributed by atoms with Crippen molar-refractivity contribution < 1.29 is 0 Å². The van der Waals surface area contributed by atoms with Gasteiger partial charge in [0, 0.05) is 23.5 Å². The van der Waals surface area contributed by atoms with Crippen molar-refractivity contribution in [3.8, 4) is 55.9 Å². The lowest BCUT2D eigenvalue weighted by molar-refractivity contribution is 1.18. The minimum Gasteiger partial charge on any atom is -0.236 e. The molecular formula is C46H30N2. The molecular weight excluding hydrogens is 581 g/mol. The van der Waals surface area contributed by atoms with Gasteiger partial charge in [0.2, 0.25) is 0 Å². The van der Waals surface area contributed by atoms with Gasteiger partial charge in [-0.2, -0.15) is 0 Å². The van der Waals surface area contributed by atoms with Gasteiger partial charge in [0.15, 0.2) is 5.82 Å². The Labute approximate surface area is 279 Å². The van der Waals surface area contributed by atoms with E-state index in [0.717, 1.165) is 22.5 Å². The summed E-state index contributed by atoms with van der Waals surface area (Å²) in [5, 5.41) is 7.39. The zero-order valence-corrected chi connectivity index (χ0v) is 26.2. The highest BCUT2D eigenvalue weighted by atomic mass is 14.9. The first-order valence-electron chi connectivity index (χ1n) is 16.3. The fraction of sp³-hybridized carbons (Fsp3) is 0. The molecule has 9 aromatic rings. The Hall–Kier alpha value is -6.38. The summed E-state index contributed by atoms with van der Waals surface area (Å²) >= 11 is 0. The summed E-state index contributed by atoms with van der Waals surface area (Å²) in [5.41, 5.74) is 10.5. The van der Waals surface area contributed by atoms with Crippen molar-refractivity contribution >= 4 is 32.3 Å². The van der Waals surface area contributed by atoms with Crippen LogP contribution in [0.2, 0.25) is 0 Å². The average Bonchev–Trinajstić information content (AvgIpc) is 3.17. The third kappa shape index (κ3) is 4.74. The lowest BCUT2D eigenvalue weighted by Crippen LogP contribution is -1.92. The highest BCUT2D eigenvalue weighted by Gasteiger charge is 2.18. The summed E-state index contributed by atoms with van der Waals surface area (Å²) in [5.74, 6) is 0.730. The van der Waals surface area contributed by atoms with Crippen molar-refractivity contribution in [1.29, 1.82) is 0 Å². The largest absolute Gasteiger partial charge is 0.236 e. The monoisotopic (exact) mass is 610 g/mol. The Kier molecular flexibility index (Phi) is 6.84. The number of fused-ring (bicyclic) bond motifs is 3. The summed E-state index contributed by atoms with van der Waals surface area (Å²) in [4.78, 5) is 9.46. The molecule has 48 heavy (non-hydrogen) atoms. The van der Waals surface area contributed by atoms with Gasteiger partial charge in [-0.25, -0.2) is 9.97 Å². The average molecular weight is 611 g/mol. The lowest BCUT2D eigenvalue weighted by atomic mass is 9.84. The summed E-state index contributed by atoms with van der Waals surface area (Å²) in [7, 11) is 0. The van der Waals surface area contributed by atoms with E-state index in [1.807, 2.05) is 42.7 Å². The molecule has 2 nitrogen and oxygen atoms in total. The zero-order valence-electron chi connectivity index (χ0n) is 26.2. The smallest absolute Gasteiger partial charge is 0.159 e. The van der Waals surface area contributed by atoms with Crippen LogP contribution in [0, 0.1) is 0 Å². The molecule has 0 unspecified atom stereocenters. The molecule has 0 spiro atoms. The van der Waals surface area contributed by atoms with Gasteiger partial charge in [-0.1, -0.05) is 164 Å². The van der Waals surface area contributed by atoms with Gasteiger partial charge in [-0.15, -0.1) is 0 Å². The molecule has 224 valence electrons. The second-order valence-corrected chi connectivity index (χ2v) is 12.2. The summed E-state index contributed by atoms with van der Waals surface area (Å²) < 4.78 is 0. The molecule has 0 saturated heterocycles. The van der Waals surface area contributed by atoms with Crippen LogP contribution in [-0.2, 0) is 0 Å². The van der Waals surface area contributed by atoms with Crippen LogP contribution < -0.4 is 0 Å². The van der Waals surface area contributed by atoms with Crippen LogP contribution >= 0.6 is 0 Å². The molecule has 0 radical (unpaired) electrons. The molecule has 0 saturated carbocycles. The maximum atomic E-state index is 4.73. The summed E-state index contributed by atoms with van der Waals surface area (Å²) in [6.45, 7) is 0. The van der Waals surface area contributed by atoms with E-state index >= 15 is 0 Å². The van der Waals surface area contributed by atoms with Crippen LogP contribution in [0.3, 0.4) is 0 Å². The van der Waals surface area contributed by atoms with Crippen molar-refractivity contribution in [2.45, 2.75) is 0 Å². The van der Waals surface area contributed by atoms with Gasteiger partial charge < -0.3 is 0 Å². The number of nitrogens with zero attached hydrogens (tertiary/aromatic N) is 2. The van der Waals surface area contributed by atoms with E-state index in [1.165, 1.54) is 65.7 Å². The maximum Gasteiger partial charge on any atom is 0.159 e. The minimum absolute atomic E-state index is 0.730. The lowest BCUT2D eigenvalue weighted by Gasteiger charge is -2.19. The predicted octanol–water partition coefficient (Wildman–Crippen LogP) is 12.3. The number of rotatable bonds is 5. The first-order valence-corrected chi connectivity index (χ1v) is 16.3. The number of hydrogen-bond donors (Lipinski definition) is 0. The Morgan fingerprint density at radius 2 is 0.708 bits per heavy atom. The number of hydrogen-bond acceptors (Lipinski definition) is 2. The van der Waals surface area contributed by atoms with E-state index in [9.17, 15) is 0 Å². The molecule has 9 rings (SSSR count). The van der Waals surface area contributed by atoms with Crippen molar-refractivity contribution in [1.82, 2.24) is 9.97 Å². The van der Waals surface area contributed by atoms with Gasteiger partial charge in [0.25, 0.3) is 0 Å². The normalized spacial score (nSPS) is 11.3. The van der Waals surface area contributed by atoms with Crippen LogP contribution in [0.4, 0.5) is 0 Å². The van der Waals surface area contributed by atoms with E-state index in [1.54, 1.807) is 0 Å². The second-order valence-electron chi connectivity index (χ2n) is 12.2. The number of aromatic nitrogens is 2. The van der Waals surface area contributed by atoms with Gasteiger partial charge in [0.1, 0.15) is 0 Å². The molecule has 1 heterocycles. The summed E-state index contributed by atoms with van der Waals surface area (Å²) in [6.07, 6.45) is 3.88. The van der Waals surface area contributed by atoms with E-state index in [-0.39, 0.29) is 0 Å². The molecule has 0 aliphatic heterocycles. The van der Waals surface area contributed by atoms with Gasteiger partial charge >= 0.3 is 0 Å². The molecule has 0 amide bonds. The van der Waals surface area contributed by atoms with Crippen molar-refractivity contribution in [3.05, 3.63) is 182 Å². The molecule has 0 aliphatic rings. The first kappa shape index (κ1) is 27.9. The minimum atomic E-state index is 0.730. The predicted molar refractivity (Wildman–Crippen MR) is 202 cm³/mol. The molecule has 0 atom stereocenters. The van der Waals surface area contributed by atoms with E-state index in [2.05, 4.69) is 140 Å². The van der Waals surface area contributed by atoms with Crippen LogP contribution in [0.5, 0.6) is 0 Å². The highest BCUT2D eigenvalue weighted by Crippen LogP contribution is 2.45. The Balaban J connectivity index is 1.26. The standard InChI is InChI=1S/C46H30N2/c1-4-14-31(15-5-1)44-40-20-10-11-21-41(40)45(32-16-6-2-7-17-32)43-28-34(26-27-42(43)44)36-22-12-25-39-37(23-13-24-38(36)39)35-29-47-46(48-30-35)33-18-8-3-9-19-33/h1-30H. The molecule has 0 fully saturated rings. The van der Waals surface area contributed by atoms with Crippen molar-refractivity contribution in [2.24, 2.45) is 0 Å². The van der Waals surface area contributed by atoms with Gasteiger partial charge in [-0.3, -0.25) is 0 Å². The molecule has 8 aromatic carbocycles. The van der Waals surface area contributed by atoms with Gasteiger partial charge in [-0.05, 0) is 77.3 Å². The van der Waals surface area contributed by atoms with E-state index in [0.29, 0.717) is 0 Å². The third-order valence-electron chi connectivity index (χ3n) is 9.38. The van der Waals surface area contributed by atoms with Crippen molar-refractivity contribution in [2.75, 3.05) is 0 Å². The molecule has 0 N–H and O–H groups in total. The first-order chi connectivity index (χ1) is 23.8. The van der Waals surface area contributed by atoms with Crippen molar-refractivity contribution in [3.63, 3.8) is 0 Å². The van der Waals surface area contributed by atoms with Gasteiger partial charge in [0.05, 0.1) is 0 Å². The SMILES string of the molecule is c1ccc(-c2ncc(-c3cccc4c(-c5ccc6c(-c7ccccc7)c7ccccc7c(-c7ccccc7)c6c5)cccc34)cn2)cc1. The highest BCUT2D eigenvalue weighted by molar-refractivity contribution is 6.22. The van der Waals surface area contributed by atoms with E-state index in [4.69, 9.17) is 9.97 Å². The molecule has 0 aliphatic carbocycles. The Morgan fingerprint density at radius 3 is 1.27 bits per heavy atom. The molecule has 1 aromatic heterocycles. The fourth-order valence-electron chi connectivity index (χ4n) is 7.19. The topological polar surface area (TPSA) is 25.8 Å². The van der Waals surface area contributed by atoms with Crippen LogP contribution in [-0.4, -0.2) is 9.97 Å². The molecule has 2 heteroatoms. The number of benzene rings is 8. The molecule has 0 bridgehead atoms. The maximum absolute atomic E-state index is 4.73.